The van der Waals surface area contributed by atoms with E-state index >= 15 is 0 Å². The zero-order chi connectivity index (χ0) is 17.3. The largest absolute Gasteiger partial charge is 0.292 e. The van der Waals surface area contributed by atoms with E-state index in [1.165, 1.54) is 24.5 Å². The second-order valence-corrected chi connectivity index (χ2v) is 5.98. The van der Waals surface area contributed by atoms with Crippen LogP contribution < -0.4 is 5.56 Å². The molecule has 8 heteroatoms. The first-order chi connectivity index (χ1) is 11.5. The van der Waals surface area contributed by atoms with Gasteiger partial charge in [0.25, 0.3) is 11.2 Å². The SMILES string of the molecule is O=C(Cn1cnc2ccc([N+](=O)[O-])cc2c1=O)c1ccc(Br)cc1. The van der Waals surface area contributed by atoms with E-state index in [0.717, 1.165) is 9.04 Å². The minimum absolute atomic E-state index is 0.107. The Labute approximate surface area is 143 Å². The Morgan fingerprint density at radius 1 is 1.21 bits per heavy atom. The number of rotatable bonds is 4. The van der Waals surface area contributed by atoms with E-state index in [1.807, 2.05) is 0 Å². The normalized spacial score (nSPS) is 10.7. The van der Waals surface area contributed by atoms with Crippen molar-refractivity contribution in [1.82, 2.24) is 9.55 Å². The minimum atomic E-state index is -0.580. The zero-order valence-corrected chi connectivity index (χ0v) is 13.8. The number of aromatic nitrogens is 2. The monoisotopic (exact) mass is 387 g/mol. The molecule has 0 aliphatic carbocycles. The number of benzene rings is 2. The number of ketones is 1. The predicted molar refractivity (Wildman–Crippen MR) is 91.1 cm³/mol. The minimum Gasteiger partial charge on any atom is -0.292 e. The van der Waals surface area contributed by atoms with Crippen LogP contribution in [0.5, 0.6) is 0 Å². The van der Waals surface area contributed by atoms with Gasteiger partial charge in [0.2, 0.25) is 0 Å². The Morgan fingerprint density at radius 3 is 2.58 bits per heavy atom. The molecule has 120 valence electrons. The van der Waals surface area contributed by atoms with Crippen molar-refractivity contribution in [3.05, 3.63) is 79.3 Å². The molecule has 0 saturated carbocycles. The van der Waals surface area contributed by atoms with Gasteiger partial charge in [-0.3, -0.25) is 24.3 Å². The van der Waals surface area contributed by atoms with Crippen molar-refractivity contribution in [2.75, 3.05) is 0 Å². The van der Waals surface area contributed by atoms with Gasteiger partial charge in [-0.1, -0.05) is 28.1 Å². The zero-order valence-electron chi connectivity index (χ0n) is 12.2. The van der Waals surface area contributed by atoms with Crippen LogP contribution in [0.15, 0.2) is 58.1 Å². The molecule has 1 aromatic heterocycles. The smallest absolute Gasteiger partial charge is 0.270 e. The highest BCUT2D eigenvalue weighted by Crippen LogP contribution is 2.16. The molecule has 2 aromatic carbocycles. The van der Waals surface area contributed by atoms with Gasteiger partial charge in [-0.05, 0) is 18.2 Å². The van der Waals surface area contributed by atoms with Gasteiger partial charge in [-0.15, -0.1) is 0 Å². The number of halogens is 1. The molecular weight excluding hydrogens is 378 g/mol. The first-order valence-corrected chi connectivity index (χ1v) is 7.67. The summed E-state index contributed by atoms with van der Waals surface area (Å²) in [6.45, 7) is -0.188. The molecule has 0 aliphatic rings. The van der Waals surface area contributed by atoms with Crippen molar-refractivity contribution >= 4 is 38.3 Å². The van der Waals surface area contributed by atoms with Crippen LogP contribution in [-0.4, -0.2) is 20.3 Å². The average molecular weight is 388 g/mol. The number of nitro benzene ring substituents is 1. The van der Waals surface area contributed by atoms with Gasteiger partial charge >= 0.3 is 0 Å². The molecule has 0 N–H and O–H groups in total. The van der Waals surface area contributed by atoms with Crippen molar-refractivity contribution in [3.63, 3.8) is 0 Å². The van der Waals surface area contributed by atoms with Gasteiger partial charge in [0.05, 0.1) is 28.7 Å². The van der Waals surface area contributed by atoms with Crippen LogP contribution in [0.2, 0.25) is 0 Å². The molecule has 3 aromatic rings. The summed E-state index contributed by atoms with van der Waals surface area (Å²) >= 11 is 3.29. The van der Waals surface area contributed by atoms with Crippen LogP contribution in [0, 0.1) is 10.1 Å². The number of hydrogen-bond donors (Lipinski definition) is 0. The number of fused-ring (bicyclic) bond motifs is 1. The van der Waals surface area contributed by atoms with Crippen molar-refractivity contribution in [2.45, 2.75) is 6.54 Å². The maximum atomic E-state index is 12.5. The number of non-ortho nitro benzene ring substituents is 1. The molecule has 0 atom stereocenters. The maximum Gasteiger partial charge on any atom is 0.270 e. The average Bonchev–Trinajstić information content (AvgIpc) is 2.57. The Kier molecular flexibility index (Phi) is 4.22. The standard InChI is InChI=1S/C16H10BrN3O4/c17-11-3-1-10(2-4-11)15(21)8-19-9-18-14-6-5-12(20(23)24)7-13(14)16(19)22/h1-7,9H,8H2. The van der Waals surface area contributed by atoms with Crippen molar-refractivity contribution in [2.24, 2.45) is 0 Å². The molecule has 0 radical (unpaired) electrons. The molecule has 0 saturated heterocycles. The van der Waals surface area contributed by atoms with E-state index in [-0.39, 0.29) is 23.4 Å². The fourth-order valence-electron chi connectivity index (χ4n) is 2.25. The lowest BCUT2D eigenvalue weighted by molar-refractivity contribution is -0.384. The summed E-state index contributed by atoms with van der Waals surface area (Å²) in [5, 5.41) is 11.0. The summed E-state index contributed by atoms with van der Waals surface area (Å²) in [6, 6.07) is 10.6. The van der Waals surface area contributed by atoms with E-state index in [1.54, 1.807) is 24.3 Å². The Bertz CT molecular complexity index is 1010. The van der Waals surface area contributed by atoms with Gasteiger partial charge in [0.15, 0.2) is 5.78 Å². The van der Waals surface area contributed by atoms with Crippen molar-refractivity contribution < 1.29 is 9.72 Å². The summed E-state index contributed by atoms with van der Waals surface area (Å²) < 4.78 is 1.99. The van der Waals surface area contributed by atoms with E-state index in [9.17, 15) is 19.7 Å². The quantitative estimate of drug-likeness (QED) is 0.389. The summed E-state index contributed by atoms with van der Waals surface area (Å²) in [5.74, 6) is -0.254. The Balaban J connectivity index is 1.99. The van der Waals surface area contributed by atoms with E-state index in [0.29, 0.717) is 11.1 Å². The lowest BCUT2D eigenvalue weighted by Crippen LogP contribution is -2.24. The number of carbonyl (C=O) groups is 1. The maximum absolute atomic E-state index is 12.5. The van der Waals surface area contributed by atoms with E-state index in [2.05, 4.69) is 20.9 Å². The molecule has 0 amide bonds. The second kappa shape index (κ2) is 6.32. The summed E-state index contributed by atoms with van der Waals surface area (Å²) in [7, 11) is 0. The first kappa shape index (κ1) is 16.0. The molecular formula is C16H10BrN3O4. The fourth-order valence-corrected chi connectivity index (χ4v) is 2.52. The molecule has 7 nitrogen and oxygen atoms in total. The fraction of sp³-hybridized carbons (Fsp3) is 0.0625. The highest BCUT2D eigenvalue weighted by molar-refractivity contribution is 9.10. The van der Waals surface area contributed by atoms with Crippen LogP contribution >= 0.6 is 15.9 Å². The van der Waals surface area contributed by atoms with E-state index in [4.69, 9.17) is 0 Å². The van der Waals surface area contributed by atoms with Crippen LogP contribution in [0.4, 0.5) is 5.69 Å². The predicted octanol–water partition coefficient (Wildman–Crippen LogP) is 2.95. The van der Waals surface area contributed by atoms with Gasteiger partial charge in [-0.2, -0.15) is 0 Å². The van der Waals surface area contributed by atoms with Crippen molar-refractivity contribution in [3.8, 4) is 0 Å². The molecule has 0 bridgehead atoms. The first-order valence-electron chi connectivity index (χ1n) is 6.88. The number of Topliss-reactive ketones (excluding diaryl/α,β-unsaturated/α-hetero) is 1. The number of nitro groups is 1. The number of nitrogens with zero attached hydrogens (tertiary/aromatic N) is 3. The molecule has 0 unspecified atom stereocenters. The molecule has 3 rings (SSSR count). The molecule has 0 aliphatic heterocycles. The van der Waals surface area contributed by atoms with Gasteiger partial charge in [0, 0.05) is 22.2 Å². The van der Waals surface area contributed by atoms with Crippen LogP contribution in [0.3, 0.4) is 0 Å². The molecule has 0 fully saturated rings. The molecule has 24 heavy (non-hydrogen) atoms. The topological polar surface area (TPSA) is 95.1 Å². The van der Waals surface area contributed by atoms with E-state index < -0.39 is 10.5 Å². The molecule has 1 heterocycles. The summed E-state index contributed by atoms with van der Waals surface area (Å²) in [5.41, 5.74) is 0.120. The summed E-state index contributed by atoms with van der Waals surface area (Å²) in [6.07, 6.45) is 1.27. The van der Waals surface area contributed by atoms with Crippen LogP contribution in [-0.2, 0) is 6.54 Å². The third-order valence-corrected chi connectivity index (χ3v) is 4.03. The van der Waals surface area contributed by atoms with Crippen molar-refractivity contribution in [1.29, 1.82) is 0 Å². The highest BCUT2D eigenvalue weighted by Gasteiger charge is 2.13. The van der Waals surface area contributed by atoms with Crippen LogP contribution in [0.1, 0.15) is 10.4 Å². The highest BCUT2D eigenvalue weighted by atomic mass is 79.9. The van der Waals surface area contributed by atoms with Gasteiger partial charge < -0.3 is 0 Å². The third kappa shape index (κ3) is 3.09. The Morgan fingerprint density at radius 2 is 1.92 bits per heavy atom. The lowest BCUT2D eigenvalue weighted by atomic mass is 10.1. The lowest BCUT2D eigenvalue weighted by Gasteiger charge is -2.06. The summed E-state index contributed by atoms with van der Waals surface area (Å²) in [4.78, 5) is 39.1. The second-order valence-electron chi connectivity index (χ2n) is 5.07. The van der Waals surface area contributed by atoms with Crippen LogP contribution in [0.25, 0.3) is 10.9 Å². The van der Waals surface area contributed by atoms with Gasteiger partial charge in [0.1, 0.15) is 0 Å². The molecule has 0 spiro atoms. The number of carbonyl (C=O) groups excluding carboxylic acids is 1. The Hall–Kier alpha value is -2.87. The van der Waals surface area contributed by atoms with Gasteiger partial charge in [-0.25, -0.2) is 4.98 Å². The number of hydrogen-bond acceptors (Lipinski definition) is 5. The third-order valence-electron chi connectivity index (χ3n) is 3.50.